The van der Waals surface area contributed by atoms with Crippen molar-refractivity contribution in [1.29, 1.82) is 0 Å². The first-order valence-corrected chi connectivity index (χ1v) is 9.04. The summed E-state index contributed by atoms with van der Waals surface area (Å²) in [6, 6.07) is 1.43. The number of ether oxygens (including phenoxy) is 2. The van der Waals surface area contributed by atoms with Gasteiger partial charge in [-0.15, -0.1) is 0 Å². The number of aromatic nitrogens is 1. The molecular weight excluding hydrogens is 336 g/mol. The van der Waals surface area contributed by atoms with Gasteiger partial charge in [-0.2, -0.15) is 0 Å². The lowest BCUT2D eigenvalue weighted by atomic mass is 9.91. The predicted molar refractivity (Wildman–Crippen MR) is 93.9 cm³/mol. The zero-order chi connectivity index (χ0) is 18.9. The molecule has 0 saturated carbocycles. The highest BCUT2D eigenvalue weighted by atomic mass is 16.6. The Hall–Kier alpha value is -2.15. The van der Waals surface area contributed by atoms with Gasteiger partial charge in [-0.1, -0.05) is 0 Å². The smallest absolute Gasteiger partial charge is 0.411 e. The molecule has 7 heteroatoms. The molecule has 1 unspecified atom stereocenters. The van der Waals surface area contributed by atoms with Crippen molar-refractivity contribution in [3.05, 3.63) is 29.1 Å². The largest absolute Gasteiger partial charge is 0.478 e. The van der Waals surface area contributed by atoms with Crippen LogP contribution in [0.15, 0.2) is 12.3 Å². The average Bonchev–Trinajstić information content (AvgIpc) is 2.92. The molecule has 142 valence electrons. The Morgan fingerprint density at radius 3 is 2.65 bits per heavy atom. The van der Waals surface area contributed by atoms with Crippen LogP contribution in [-0.2, 0) is 16.0 Å². The maximum atomic E-state index is 12.7. The first kappa shape index (κ1) is 18.6. The normalized spacial score (nSPS) is 20.7. The minimum Gasteiger partial charge on any atom is -0.478 e. The van der Waals surface area contributed by atoms with Crippen molar-refractivity contribution in [2.24, 2.45) is 5.92 Å². The lowest BCUT2D eigenvalue weighted by Crippen LogP contribution is -2.36. The van der Waals surface area contributed by atoms with E-state index in [1.165, 1.54) is 6.20 Å². The van der Waals surface area contributed by atoms with E-state index in [1.54, 1.807) is 11.0 Å². The fourth-order valence-electron chi connectivity index (χ4n) is 3.55. The van der Waals surface area contributed by atoms with Crippen molar-refractivity contribution in [3.8, 4) is 0 Å². The Morgan fingerprint density at radius 2 is 2.04 bits per heavy atom. The number of carbonyl (C=O) groups is 2. The van der Waals surface area contributed by atoms with Gasteiger partial charge in [0.2, 0.25) is 0 Å². The minimum absolute atomic E-state index is 0.139. The quantitative estimate of drug-likeness (QED) is 0.886. The summed E-state index contributed by atoms with van der Waals surface area (Å²) in [6.45, 7) is 7.31. The second-order valence-electron chi connectivity index (χ2n) is 7.99. The van der Waals surface area contributed by atoms with Crippen LogP contribution in [0.5, 0.6) is 0 Å². The van der Waals surface area contributed by atoms with E-state index in [-0.39, 0.29) is 17.7 Å². The molecule has 3 rings (SSSR count). The zero-order valence-corrected chi connectivity index (χ0v) is 15.5. The van der Waals surface area contributed by atoms with Gasteiger partial charge in [0.25, 0.3) is 0 Å². The molecule has 0 bridgehead atoms. The van der Waals surface area contributed by atoms with Crippen LogP contribution in [0, 0.1) is 5.92 Å². The predicted octanol–water partition coefficient (Wildman–Crippen LogP) is 3.39. The summed E-state index contributed by atoms with van der Waals surface area (Å²) in [5.74, 6) is -0.567. The average molecular weight is 362 g/mol. The Morgan fingerprint density at radius 1 is 1.35 bits per heavy atom. The van der Waals surface area contributed by atoms with Gasteiger partial charge in [-0.3, -0.25) is 9.88 Å². The third kappa shape index (κ3) is 4.15. The van der Waals surface area contributed by atoms with Gasteiger partial charge < -0.3 is 14.6 Å². The van der Waals surface area contributed by atoms with Gasteiger partial charge >= 0.3 is 12.1 Å². The molecular formula is C19H26N2O5. The number of carboxylic acids is 1. The lowest BCUT2D eigenvalue weighted by molar-refractivity contribution is 0.0100. The number of amides is 1. The van der Waals surface area contributed by atoms with E-state index >= 15 is 0 Å². The summed E-state index contributed by atoms with van der Waals surface area (Å²) >= 11 is 0. The molecule has 3 heterocycles. The molecule has 2 aliphatic rings. The minimum atomic E-state index is -1.02. The molecule has 1 N–H and O–H groups in total. The summed E-state index contributed by atoms with van der Waals surface area (Å²) in [5.41, 5.74) is 1.12. The molecule has 1 aromatic heterocycles. The van der Waals surface area contributed by atoms with Crippen molar-refractivity contribution in [2.75, 3.05) is 13.2 Å². The molecule has 0 radical (unpaired) electrons. The Labute approximate surface area is 153 Å². The number of fused-ring (bicyclic) bond motifs is 1. The van der Waals surface area contributed by atoms with Gasteiger partial charge in [0.1, 0.15) is 5.60 Å². The van der Waals surface area contributed by atoms with Crippen molar-refractivity contribution in [3.63, 3.8) is 0 Å². The SMILES string of the molecule is CC(C)(C)OC(=O)N1Cc2cc(C(=O)O)cnc2C1CC1CCOCC1. The number of pyridine rings is 1. The standard InChI is InChI=1S/C19H26N2O5/c1-19(2,3)26-18(24)21-11-14-9-13(17(22)23)10-20-16(14)15(21)8-12-4-6-25-7-5-12/h9-10,12,15H,4-8,11H2,1-3H3,(H,22,23). The summed E-state index contributed by atoms with van der Waals surface area (Å²) < 4.78 is 11.0. The van der Waals surface area contributed by atoms with Crippen LogP contribution in [0.1, 0.15) is 67.7 Å². The van der Waals surface area contributed by atoms with Gasteiger partial charge in [0.15, 0.2) is 0 Å². The van der Waals surface area contributed by atoms with Crippen LogP contribution >= 0.6 is 0 Å². The Balaban J connectivity index is 1.86. The van der Waals surface area contributed by atoms with Crippen molar-refractivity contribution in [1.82, 2.24) is 9.88 Å². The Bertz CT molecular complexity index is 692. The number of hydrogen-bond donors (Lipinski definition) is 1. The molecule has 0 aromatic carbocycles. The van der Waals surface area contributed by atoms with Crippen molar-refractivity contribution < 1.29 is 24.2 Å². The molecule has 1 atom stereocenters. The number of carbonyl (C=O) groups excluding carboxylic acids is 1. The number of carboxylic acid groups (broad SMARTS) is 1. The van der Waals surface area contributed by atoms with E-state index < -0.39 is 11.6 Å². The third-order valence-corrected chi connectivity index (χ3v) is 4.81. The lowest BCUT2D eigenvalue weighted by Gasteiger charge is -2.31. The third-order valence-electron chi connectivity index (χ3n) is 4.81. The van der Waals surface area contributed by atoms with E-state index in [0.29, 0.717) is 12.5 Å². The molecule has 2 aliphatic heterocycles. The fourth-order valence-corrected chi connectivity index (χ4v) is 3.55. The summed E-state index contributed by atoms with van der Waals surface area (Å²) in [6.07, 6.45) is 3.69. The number of nitrogens with zero attached hydrogens (tertiary/aromatic N) is 2. The van der Waals surface area contributed by atoms with Crippen LogP contribution in [-0.4, -0.2) is 45.9 Å². The summed E-state index contributed by atoms with van der Waals surface area (Å²) in [7, 11) is 0. The van der Waals surface area contributed by atoms with Crippen LogP contribution in [0.4, 0.5) is 4.79 Å². The molecule has 26 heavy (non-hydrogen) atoms. The van der Waals surface area contributed by atoms with Crippen molar-refractivity contribution >= 4 is 12.1 Å². The topological polar surface area (TPSA) is 89.0 Å². The van der Waals surface area contributed by atoms with Gasteiger partial charge in [-0.05, 0) is 57.6 Å². The van der Waals surface area contributed by atoms with Crippen molar-refractivity contribution in [2.45, 2.75) is 58.2 Å². The maximum Gasteiger partial charge on any atom is 0.411 e. The second kappa shape index (κ2) is 7.23. The van der Waals surface area contributed by atoms with E-state index in [1.807, 2.05) is 20.8 Å². The number of rotatable bonds is 3. The second-order valence-corrected chi connectivity index (χ2v) is 7.99. The molecule has 0 aliphatic carbocycles. The van der Waals surface area contributed by atoms with E-state index in [2.05, 4.69) is 4.98 Å². The first-order valence-electron chi connectivity index (χ1n) is 9.04. The monoisotopic (exact) mass is 362 g/mol. The summed E-state index contributed by atoms with van der Waals surface area (Å²) in [4.78, 5) is 30.1. The van der Waals surface area contributed by atoms with Crippen LogP contribution in [0.2, 0.25) is 0 Å². The highest BCUT2D eigenvalue weighted by molar-refractivity contribution is 5.87. The maximum absolute atomic E-state index is 12.7. The molecule has 1 fully saturated rings. The highest BCUT2D eigenvalue weighted by Crippen LogP contribution is 2.39. The van der Waals surface area contributed by atoms with Crippen LogP contribution in [0.25, 0.3) is 0 Å². The van der Waals surface area contributed by atoms with E-state index in [9.17, 15) is 14.7 Å². The Kier molecular flexibility index (Phi) is 5.18. The fraction of sp³-hybridized carbons (Fsp3) is 0.632. The number of hydrogen-bond acceptors (Lipinski definition) is 5. The zero-order valence-electron chi connectivity index (χ0n) is 15.5. The molecule has 1 saturated heterocycles. The first-order chi connectivity index (χ1) is 12.2. The summed E-state index contributed by atoms with van der Waals surface area (Å²) in [5, 5.41) is 9.21. The number of aromatic carboxylic acids is 1. The van der Waals surface area contributed by atoms with Crippen LogP contribution < -0.4 is 0 Å². The molecule has 1 amide bonds. The van der Waals surface area contributed by atoms with Gasteiger partial charge in [0.05, 0.1) is 23.8 Å². The van der Waals surface area contributed by atoms with E-state index in [4.69, 9.17) is 9.47 Å². The van der Waals surface area contributed by atoms with Crippen LogP contribution in [0.3, 0.4) is 0 Å². The van der Waals surface area contributed by atoms with Gasteiger partial charge in [-0.25, -0.2) is 9.59 Å². The molecule has 1 aromatic rings. The highest BCUT2D eigenvalue weighted by Gasteiger charge is 2.39. The van der Waals surface area contributed by atoms with E-state index in [0.717, 1.165) is 43.7 Å². The molecule has 0 spiro atoms. The van der Waals surface area contributed by atoms with Gasteiger partial charge in [0, 0.05) is 19.4 Å². The molecule has 7 nitrogen and oxygen atoms in total.